The van der Waals surface area contributed by atoms with Crippen molar-refractivity contribution in [2.24, 2.45) is 5.92 Å². The van der Waals surface area contributed by atoms with Crippen molar-refractivity contribution in [2.45, 2.75) is 26.4 Å². The fourth-order valence-corrected chi connectivity index (χ4v) is 3.96. The lowest BCUT2D eigenvalue weighted by Crippen LogP contribution is -2.53. The summed E-state index contributed by atoms with van der Waals surface area (Å²) in [5, 5.41) is 8.89. The number of nitrogens with zero attached hydrogens (tertiary/aromatic N) is 4. The lowest BCUT2D eigenvalue weighted by atomic mass is 10.0. The monoisotopic (exact) mass is 326 g/mol. The molecule has 2 atom stereocenters. The standard InChI is InChI=1S/C19H26N4O/c1-15-12-21(13-18-5-3-17(11-20)4-6-18)14-19(15)23-9-7-22(8-10-23)16(2)24/h3-6,15,19H,7-10,12-14H2,1-2H3/t15-,19+/m0/s1. The molecule has 2 aliphatic rings. The normalized spacial score (nSPS) is 25.6. The van der Waals surface area contributed by atoms with Gasteiger partial charge < -0.3 is 4.90 Å². The predicted molar refractivity (Wildman–Crippen MR) is 93.2 cm³/mol. The van der Waals surface area contributed by atoms with Crippen molar-refractivity contribution >= 4 is 5.91 Å². The first-order valence-electron chi connectivity index (χ1n) is 8.78. The van der Waals surface area contributed by atoms with E-state index in [0.29, 0.717) is 12.0 Å². The van der Waals surface area contributed by atoms with E-state index >= 15 is 0 Å². The Kier molecular flexibility index (Phi) is 5.17. The molecule has 2 fully saturated rings. The summed E-state index contributed by atoms with van der Waals surface area (Å²) in [4.78, 5) is 18.5. The SMILES string of the molecule is CC(=O)N1CCN([C@@H]2CN(Cc3ccc(C#N)cc3)C[C@@H]2C)CC1. The second-order valence-electron chi connectivity index (χ2n) is 7.09. The Morgan fingerprint density at radius 3 is 2.42 bits per heavy atom. The molecule has 1 aromatic carbocycles. The Bertz CT molecular complexity index is 613. The van der Waals surface area contributed by atoms with E-state index in [2.05, 4.69) is 34.9 Å². The van der Waals surface area contributed by atoms with Crippen molar-refractivity contribution in [3.05, 3.63) is 35.4 Å². The van der Waals surface area contributed by atoms with Gasteiger partial charge in [0, 0.05) is 58.8 Å². The van der Waals surface area contributed by atoms with Gasteiger partial charge in [-0.1, -0.05) is 19.1 Å². The van der Waals surface area contributed by atoms with Crippen LogP contribution in [0.1, 0.15) is 25.0 Å². The van der Waals surface area contributed by atoms with Crippen LogP contribution in [0.2, 0.25) is 0 Å². The summed E-state index contributed by atoms with van der Waals surface area (Å²) in [5.41, 5.74) is 1.98. The molecule has 0 bridgehead atoms. The van der Waals surface area contributed by atoms with E-state index in [9.17, 15) is 4.79 Å². The van der Waals surface area contributed by atoms with E-state index in [4.69, 9.17) is 5.26 Å². The molecule has 0 radical (unpaired) electrons. The molecule has 0 aliphatic carbocycles. The van der Waals surface area contributed by atoms with Gasteiger partial charge >= 0.3 is 0 Å². The Balaban J connectivity index is 1.55. The van der Waals surface area contributed by atoms with Crippen LogP contribution < -0.4 is 0 Å². The number of hydrogen-bond donors (Lipinski definition) is 0. The summed E-state index contributed by atoms with van der Waals surface area (Å²) in [6.45, 7) is 10.8. The predicted octanol–water partition coefficient (Wildman–Crippen LogP) is 1.54. The van der Waals surface area contributed by atoms with Crippen LogP contribution in [0.4, 0.5) is 0 Å². The van der Waals surface area contributed by atoms with Crippen molar-refractivity contribution in [3.63, 3.8) is 0 Å². The minimum absolute atomic E-state index is 0.191. The van der Waals surface area contributed by atoms with Crippen LogP contribution in [-0.2, 0) is 11.3 Å². The molecule has 0 aromatic heterocycles. The summed E-state index contributed by atoms with van der Waals surface area (Å²) in [5.74, 6) is 0.837. The van der Waals surface area contributed by atoms with Crippen LogP contribution in [-0.4, -0.2) is 65.9 Å². The Hall–Kier alpha value is -1.90. The van der Waals surface area contributed by atoms with Gasteiger partial charge in [-0.2, -0.15) is 5.26 Å². The Labute approximate surface area is 144 Å². The van der Waals surface area contributed by atoms with Crippen molar-refractivity contribution in [2.75, 3.05) is 39.3 Å². The van der Waals surface area contributed by atoms with Gasteiger partial charge in [0.05, 0.1) is 11.6 Å². The van der Waals surface area contributed by atoms with Crippen molar-refractivity contribution < 1.29 is 4.79 Å². The van der Waals surface area contributed by atoms with Gasteiger partial charge in [0.1, 0.15) is 0 Å². The van der Waals surface area contributed by atoms with Gasteiger partial charge in [-0.05, 0) is 23.6 Å². The molecular formula is C19H26N4O. The smallest absolute Gasteiger partial charge is 0.219 e. The van der Waals surface area contributed by atoms with Crippen molar-refractivity contribution in [3.8, 4) is 6.07 Å². The number of nitriles is 1. The molecule has 1 amide bonds. The Morgan fingerprint density at radius 2 is 1.83 bits per heavy atom. The third-order valence-electron chi connectivity index (χ3n) is 5.37. The third-order valence-corrected chi connectivity index (χ3v) is 5.37. The van der Waals surface area contributed by atoms with Gasteiger partial charge in [-0.3, -0.25) is 14.6 Å². The van der Waals surface area contributed by atoms with Crippen LogP contribution in [0.3, 0.4) is 0 Å². The van der Waals surface area contributed by atoms with Gasteiger partial charge in [0.2, 0.25) is 5.91 Å². The molecule has 0 N–H and O–H groups in total. The molecule has 2 aliphatic heterocycles. The quantitative estimate of drug-likeness (QED) is 0.845. The number of likely N-dealkylation sites (tertiary alicyclic amines) is 1. The zero-order valence-electron chi connectivity index (χ0n) is 14.6. The second kappa shape index (κ2) is 7.33. The van der Waals surface area contributed by atoms with E-state index in [1.165, 1.54) is 5.56 Å². The summed E-state index contributed by atoms with van der Waals surface area (Å²) >= 11 is 0. The van der Waals surface area contributed by atoms with E-state index in [1.54, 1.807) is 6.92 Å². The molecule has 0 spiro atoms. The molecule has 5 heteroatoms. The zero-order chi connectivity index (χ0) is 17.1. The highest BCUT2D eigenvalue weighted by molar-refractivity contribution is 5.73. The van der Waals surface area contributed by atoms with Crippen LogP contribution in [0.15, 0.2) is 24.3 Å². The van der Waals surface area contributed by atoms with Crippen LogP contribution >= 0.6 is 0 Å². The molecule has 128 valence electrons. The largest absolute Gasteiger partial charge is 0.340 e. The molecule has 1 aromatic rings. The average molecular weight is 326 g/mol. The number of hydrogen-bond acceptors (Lipinski definition) is 4. The first-order valence-corrected chi connectivity index (χ1v) is 8.78. The maximum absolute atomic E-state index is 11.5. The highest BCUT2D eigenvalue weighted by atomic mass is 16.2. The summed E-state index contributed by atoms with van der Waals surface area (Å²) in [7, 11) is 0. The molecule has 24 heavy (non-hydrogen) atoms. The number of benzene rings is 1. The first-order chi connectivity index (χ1) is 11.6. The van der Waals surface area contributed by atoms with Crippen molar-refractivity contribution in [1.82, 2.24) is 14.7 Å². The van der Waals surface area contributed by atoms with Crippen LogP contribution in [0.5, 0.6) is 0 Å². The van der Waals surface area contributed by atoms with Gasteiger partial charge in [-0.25, -0.2) is 0 Å². The van der Waals surface area contributed by atoms with Gasteiger partial charge in [0.25, 0.3) is 0 Å². The van der Waals surface area contributed by atoms with Gasteiger partial charge in [-0.15, -0.1) is 0 Å². The van der Waals surface area contributed by atoms with E-state index in [1.807, 2.05) is 17.0 Å². The first kappa shape index (κ1) is 16.9. The average Bonchev–Trinajstić information content (AvgIpc) is 2.96. The minimum Gasteiger partial charge on any atom is -0.340 e. The molecular weight excluding hydrogens is 300 g/mol. The fraction of sp³-hybridized carbons (Fsp3) is 0.579. The maximum atomic E-state index is 11.5. The second-order valence-corrected chi connectivity index (χ2v) is 7.09. The third kappa shape index (κ3) is 3.77. The number of rotatable bonds is 3. The number of piperazine rings is 1. The lowest BCUT2D eigenvalue weighted by Gasteiger charge is -2.39. The molecule has 5 nitrogen and oxygen atoms in total. The molecule has 0 saturated carbocycles. The molecule has 0 unspecified atom stereocenters. The van der Waals surface area contributed by atoms with Gasteiger partial charge in [0.15, 0.2) is 0 Å². The number of carbonyl (C=O) groups is 1. The molecule has 2 saturated heterocycles. The Morgan fingerprint density at radius 1 is 1.17 bits per heavy atom. The topological polar surface area (TPSA) is 50.6 Å². The lowest BCUT2D eigenvalue weighted by molar-refractivity contribution is -0.130. The van der Waals surface area contributed by atoms with E-state index in [0.717, 1.165) is 51.4 Å². The molecule has 3 rings (SSSR count). The summed E-state index contributed by atoms with van der Waals surface area (Å²) < 4.78 is 0. The van der Waals surface area contributed by atoms with Crippen LogP contribution in [0.25, 0.3) is 0 Å². The summed E-state index contributed by atoms with van der Waals surface area (Å²) in [6, 6.07) is 10.7. The minimum atomic E-state index is 0.191. The van der Waals surface area contributed by atoms with E-state index in [-0.39, 0.29) is 5.91 Å². The number of carbonyl (C=O) groups excluding carboxylic acids is 1. The van der Waals surface area contributed by atoms with Crippen LogP contribution in [0, 0.1) is 17.2 Å². The van der Waals surface area contributed by atoms with Crippen molar-refractivity contribution in [1.29, 1.82) is 5.26 Å². The van der Waals surface area contributed by atoms with E-state index < -0.39 is 0 Å². The fourth-order valence-electron chi connectivity index (χ4n) is 3.96. The highest BCUT2D eigenvalue weighted by Gasteiger charge is 2.35. The molecule has 2 heterocycles. The summed E-state index contributed by atoms with van der Waals surface area (Å²) in [6.07, 6.45) is 0. The number of amides is 1. The highest BCUT2D eigenvalue weighted by Crippen LogP contribution is 2.24. The maximum Gasteiger partial charge on any atom is 0.219 e. The zero-order valence-corrected chi connectivity index (χ0v) is 14.6.